The first-order valence-corrected chi connectivity index (χ1v) is 20.2. The van der Waals surface area contributed by atoms with Crippen LogP contribution in [0.2, 0.25) is 0 Å². The van der Waals surface area contributed by atoms with Crippen molar-refractivity contribution in [2.45, 2.75) is 121 Å². The summed E-state index contributed by atoms with van der Waals surface area (Å²) in [4.78, 5) is 30.9. The molecule has 4 heterocycles. The summed E-state index contributed by atoms with van der Waals surface area (Å²) in [6.07, 6.45) is 13.4. The van der Waals surface area contributed by atoms with Crippen molar-refractivity contribution >= 4 is 32.9 Å². The lowest BCUT2D eigenvalue weighted by atomic mass is 9.68. The molecule has 10 nitrogen and oxygen atoms in total. The summed E-state index contributed by atoms with van der Waals surface area (Å²) in [6, 6.07) is 6.44. The highest BCUT2D eigenvalue weighted by atomic mass is 32.2. The quantitative estimate of drug-likeness (QED) is 0.388. The highest BCUT2D eigenvalue weighted by Crippen LogP contribution is 2.56. The molecule has 274 valence electrons. The van der Waals surface area contributed by atoms with Crippen molar-refractivity contribution in [3.05, 3.63) is 63.9 Å². The monoisotopic (exact) mass is 716 g/mol. The smallest absolute Gasteiger partial charge is 0.303 e. The van der Waals surface area contributed by atoms with E-state index in [0.29, 0.717) is 37.3 Å². The highest BCUT2D eigenvalue weighted by Gasteiger charge is 2.56. The van der Waals surface area contributed by atoms with E-state index in [2.05, 4.69) is 59.2 Å². The van der Waals surface area contributed by atoms with Crippen LogP contribution in [0, 0.1) is 11.3 Å². The minimum Gasteiger partial charge on any atom is -0.496 e. The van der Waals surface area contributed by atoms with Gasteiger partial charge in [-0.2, -0.15) is 12.7 Å². The number of carbonyl (C=O) groups is 2. The molecule has 2 aromatic rings. The zero-order valence-corrected chi connectivity index (χ0v) is 31.6. The second-order valence-electron chi connectivity index (χ2n) is 17.1. The number of hydrogen-bond donors (Lipinski definition) is 2. The van der Waals surface area contributed by atoms with Crippen molar-refractivity contribution in [3.8, 4) is 5.75 Å². The van der Waals surface area contributed by atoms with Gasteiger partial charge < -0.3 is 19.3 Å². The molecule has 51 heavy (non-hydrogen) atoms. The zero-order chi connectivity index (χ0) is 36.2. The van der Waals surface area contributed by atoms with Gasteiger partial charge in [0.05, 0.1) is 29.7 Å². The Kier molecular flexibility index (Phi) is 8.20. The van der Waals surface area contributed by atoms with E-state index < -0.39 is 27.6 Å². The maximum Gasteiger partial charge on any atom is 0.303 e. The molecule has 1 saturated carbocycles. The Hall–Kier alpha value is -3.41. The number of rotatable bonds is 6. The molecule has 3 fully saturated rings. The number of piperidine rings is 1. The first-order valence-electron chi connectivity index (χ1n) is 18.8. The van der Waals surface area contributed by atoms with Gasteiger partial charge in [-0.3, -0.25) is 9.59 Å². The van der Waals surface area contributed by atoms with Crippen molar-refractivity contribution in [3.63, 3.8) is 0 Å². The minimum absolute atomic E-state index is 0.0238. The lowest BCUT2D eigenvalue weighted by molar-refractivity contribution is -0.155. The number of methoxy groups -OCH3 is 1. The molecule has 0 radical (unpaired) electrons. The van der Waals surface area contributed by atoms with Crippen molar-refractivity contribution < 1.29 is 27.9 Å². The molecular formula is C40H52N4O6S. The molecule has 2 bridgehead atoms. The molecule has 2 N–H and O–H groups in total. The molecule has 0 spiro atoms. The average Bonchev–Trinajstić information content (AvgIpc) is 3.62. The van der Waals surface area contributed by atoms with E-state index in [9.17, 15) is 18.3 Å². The van der Waals surface area contributed by atoms with Crippen LogP contribution in [0.4, 0.5) is 0 Å². The van der Waals surface area contributed by atoms with Crippen molar-refractivity contribution in [1.29, 1.82) is 0 Å². The normalized spacial score (nSPS) is 29.2. The summed E-state index contributed by atoms with van der Waals surface area (Å²) in [7, 11) is 0.473. The van der Waals surface area contributed by atoms with Crippen LogP contribution in [0.25, 0.3) is 10.9 Å². The third-order valence-electron chi connectivity index (χ3n) is 13.2. The van der Waals surface area contributed by atoms with Gasteiger partial charge in [-0.1, -0.05) is 58.3 Å². The maximum absolute atomic E-state index is 15.1. The summed E-state index contributed by atoms with van der Waals surface area (Å²) in [5.74, 6) is -0.111. The van der Waals surface area contributed by atoms with E-state index in [-0.39, 0.29) is 29.3 Å². The maximum atomic E-state index is 15.1. The summed E-state index contributed by atoms with van der Waals surface area (Å²) in [5, 5.41) is 12.8. The molecule has 4 atom stereocenters. The van der Waals surface area contributed by atoms with Gasteiger partial charge >= 0.3 is 10.2 Å². The Morgan fingerprint density at radius 1 is 1.04 bits per heavy atom. The summed E-state index contributed by atoms with van der Waals surface area (Å²) in [6.45, 7) is 6.68. The number of nitrogens with zero attached hydrogens (tertiary/aromatic N) is 3. The Morgan fingerprint density at radius 2 is 1.73 bits per heavy atom. The second kappa shape index (κ2) is 12.1. The standard InChI is InChI=1S/C40H52N4O6S/c1-39(2,3)40(47)20-24-15-16-25(21-40)44(24)38(46)28-14-10-13-27-33(28)31-19-29-32(50-6)18-17-26(23-11-8-7-9-12-23)36(29)43(31)22-30-34(27)35(30)37(45)41-51(48,49)42(4)5/h10,13,17-19,23-25,28,33,47H,7-9,11-12,14-16,20-22H2,1-6H3,(H,41,45)/t24?,25?,28-,33?,40?/m1/s1. The number of benzene rings is 1. The lowest BCUT2D eigenvalue weighted by Crippen LogP contribution is -2.59. The van der Waals surface area contributed by atoms with Crippen LogP contribution in [-0.4, -0.2) is 78.0 Å². The van der Waals surface area contributed by atoms with Gasteiger partial charge in [0, 0.05) is 49.7 Å². The van der Waals surface area contributed by atoms with Gasteiger partial charge in [0.2, 0.25) is 5.91 Å². The topological polar surface area (TPSA) is 121 Å². The molecule has 2 amide bonds. The Labute approximate surface area is 301 Å². The molecule has 8 rings (SSSR count). The molecule has 1 aromatic carbocycles. The molecule has 1 aromatic heterocycles. The zero-order valence-electron chi connectivity index (χ0n) is 30.8. The summed E-state index contributed by atoms with van der Waals surface area (Å²) >= 11 is 0. The van der Waals surface area contributed by atoms with Crippen LogP contribution in [0.5, 0.6) is 5.75 Å². The molecular weight excluding hydrogens is 665 g/mol. The number of fused-ring (bicyclic) bond motifs is 8. The third kappa shape index (κ3) is 5.43. The largest absolute Gasteiger partial charge is 0.496 e. The number of aliphatic hydroxyl groups is 1. The molecule has 6 aliphatic rings. The van der Waals surface area contributed by atoms with Gasteiger partial charge in [-0.15, -0.1) is 0 Å². The number of hydrogen-bond acceptors (Lipinski definition) is 6. The first-order chi connectivity index (χ1) is 24.1. The summed E-state index contributed by atoms with van der Waals surface area (Å²) < 4.78 is 37.1. The van der Waals surface area contributed by atoms with E-state index in [0.717, 1.165) is 69.1 Å². The van der Waals surface area contributed by atoms with Crippen molar-refractivity contribution in [2.24, 2.45) is 11.3 Å². The van der Waals surface area contributed by atoms with Crippen LogP contribution in [0.1, 0.15) is 108 Å². The summed E-state index contributed by atoms with van der Waals surface area (Å²) in [5.41, 5.74) is 5.17. The molecule has 3 unspecified atom stereocenters. The Bertz CT molecular complexity index is 2010. The van der Waals surface area contributed by atoms with E-state index >= 15 is 4.79 Å². The molecule has 3 aliphatic heterocycles. The van der Waals surface area contributed by atoms with Gasteiger partial charge in [0.25, 0.3) is 5.91 Å². The second-order valence-corrected chi connectivity index (χ2v) is 18.9. The van der Waals surface area contributed by atoms with Crippen LogP contribution in [-0.2, 0) is 26.3 Å². The van der Waals surface area contributed by atoms with Crippen molar-refractivity contribution in [1.82, 2.24) is 18.5 Å². The van der Waals surface area contributed by atoms with E-state index in [1.807, 2.05) is 6.08 Å². The molecule has 11 heteroatoms. The average molecular weight is 717 g/mol. The predicted octanol–water partition coefficient (Wildman–Crippen LogP) is 5.83. The fraction of sp³-hybridized carbons (Fsp3) is 0.600. The van der Waals surface area contributed by atoms with Crippen LogP contribution >= 0.6 is 0 Å². The SMILES string of the molecule is COc1ccc(C2CCCCC2)c2c1cc1n2CC2=C(C(=O)NS(=O)(=O)N(C)C)C2=C2C=CC[C@@H](C(=O)N3C4CCC3CC(O)(C(C)(C)C)C4)C21. The van der Waals surface area contributed by atoms with Crippen LogP contribution in [0.3, 0.4) is 0 Å². The van der Waals surface area contributed by atoms with E-state index in [1.54, 1.807) is 7.11 Å². The molecule has 3 aliphatic carbocycles. The number of allylic oxidation sites excluding steroid dienone is 4. The minimum atomic E-state index is -4.01. The third-order valence-corrected chi connectivity index (χ3v) is 14.6. The van der Waals surface area contributed by atoms with E-state index in [1.165, 1.54) is 38.9 Å². The Balaban J connectivity index is 1.27. The molecule has 2 saturated heterocycles. The Morgan fingerprint density at radius 3 is 2.35 bits per heavy atom. The fourth-order valence-corrected chi connectivity index (χ4v) is 10.7. The van der Waals surface area contributed by atoms with Gasteiger partial charge in [-0.05, 0) is 90.7 Å². The van der Waals surface area contributed by atoms with Crippen molar-refractivity contribution in [2.75, 3.05) is 21.2 Å². The number of ether oxygens (including phenoxy) is 1. The fourth-order valence-electron chi connectivity index (χ4n) is 10.2. The predicted molar refractivity (Wildman–Crippen MR) is 196 cm³/mol. The number of nitrogens with one attached hydrogen (secondary N) is 1. The number of aromatic nitrogens is 1. The van der Waals surface area contributed by atoms with E-state index in [4.69, 9.17) is 4.74 Å². The number of carbonyl (C=O) groups excluding carboxylic acids is 2. The van der Waals surface area contributed by atoms with Gasteiger partial charge in [0.15, 0.2) is 0 Å². The van der Waals surface area contributed by atoms with Gasteiger partial charge in [0.1, 0.15) is 5.75 Å². The number of amides is 2. The first kappa shape index (κ1) is 34.7. The van der Waals surface area contributed by atoms with Crippen LogP contribution in [0.15, 0.2) is 52.6 Å². The van der Waals surface area contributed by atoms with Gasteiger partial charge in [-0.25, -0.2) is 4.72 Å². The van der Waals surface area contributed by atoms with Crippen LogP contribution < -0.4 is 9.46 Å². The highest BCUT2D eigenvalue weighted by molar-refractivity contribution is 7.87. The lowest BCUT2D eigenvalue weighted by Gasteiger charge is -2.51.